The number of ether oxygens (including phenoxy) is 3. The van der Waals surface area contributed by atoms with E-state index in [2.05, 4.69) is 19.6 Å². The second-order valence-electron chi connectivity index (χ2n) is 6.93. The van der Waals surface area contributed by atoms with Crippen LogP contribution in [0.5, 0.6) is 0 Å². The summed E-state index contributed by atoms with van der Waals surface area (Å²) in [6.07, 6.45) is 0. The van der Waals surface area contributed by atoms with Gasteiger partial charge in [-0.3, -0.25) is 4.79 Å². The van der Waals surface area contributed by atoms with Crippen LogP contribution in [-0.4, -0.2) is 51.4 Å². The minimum atomic E-state index is -1.15. The van der Waals surface area contributed by atoms with Gasteiger partial charge < -0.3 is 19.3 Å². The third kappa shape index (κ3) is 5.22. The molecule has 0 amide bonds. The highest BCUT2D eigenvalue weighted by Crippen LogP contribution is 2.30. The standard InChI is InChI=1S/C13H26O5Si/c1-12(2)17-9-13(10-18-12,11(14)15)8-16-6-7-19(3,4)5/h6-10H2,1-5H3,(H,14,15). The summed E-state index contributed by atoms with van der Waals surface area (Å²) in [4.78, 5) is 11.4. The van der Waals surface area contributed by atoms with E-state index < -0.39 is 25.2 Å². The Balaban J connectivity index is 2.48. The molecule has 0 unspecified atom stereocenters. The highest BCUT2D eigenvalue weighted by molar-refractivity contribution is 6.76. The first-order valence-electron chi connectivity index (χ1n) is 6.65. The first-order valence-corrected chi connectivity index (χ1v) is 10.4. The Morgan fingerprint density at radius 3 is 2.21 bits per heavy atom. The molecule has 1 rings (SSSR count). The van der Waals surface area contributed by atoms with Gasteiger partial charge in [0.2, 0.25) is 0 Å². The SMILES string of the molecule is CC1(C)OCC(COCC[Si](C)(C)C)(C(=O)O)CO1. The molecule has 0 saturated carbocycles. The zero-order valence-electron chi connectivity index (χ0n) is 12.6. The Morgan fingerprint density at radius 1 is 1.26 bits per heavy atom. The third-order valence-corrected chi connectivity index (χ3v) is 4.92. The molecule has 1 fully saturated rings. The molecule has 1 aliphatic rings. The van der Waals surface area contributed by atoms with Crippen molar-refractivity contribution >= 4 is 14.0 Å². The van der Waals surface area contributed by atoms with Gasteiger partial charge in [-0.25, -0.2) is 0 Å². The molecule has 0 atom stereocenters. The molecule has 1 N–H and O–H groups in total. The van der Waals surface area contributed by atoms with Crippen molar-refractivity contribution in [2.75, 3.05) is 26.4 Å². The van der Waals surface area contributed by atoms with Crippen LogP contribution in [0.25, 0.3) is 0 Å². The second-order valence-corrected chi connectivity index (χ2v) is 12.5. The van der Waals surface area contributed by atoms with Gasteiger partial charge in [-0.2, -0.15) is 0 Å². The molecule has 0 aromatic carbocycles. The van der Waals surface area contributed by atoms with E-state index in [-0.39, 0.29) is 19.8 Å². The van der Waals surface area contributed by atoms with Crippen molar-refractivity contribution < 1.29 is 24.1 Å². The van der Waals surface area contributed by atoms with Crippen LogP contribution < -0.4 is 0 Å². The average Bonchev–Trinajstić information content (AvgIpc) is 2.25. The molecular weight excluding hydrogens is 264 g/mol. The zero-order valence-corrected chi connectivity index (χ0v) is 13.6. The molecule has 1 saturated heterocycles. The highest BCUT2D eigenvalue weighted by Gasteiger charge is 2.46. The van der Waals surface area contributed by atoms with Crippen LogP contribution in [0.2, 0.25) is 25.7 Å². The van der Waals surface area contributed by atoms with Crippen LogP contribution >= 0.6 is 0 Å². The van der Waals surface area contributed by atoms with Crippen molar-refractivity contribution in [1.82, 2.24) is 0 Å². The molecule has 0 aromatic heterocycles. The van der Waals surface area contributed by atoms with Crippen molar-refractivity contribution in [3.63, 3.8) is 0 Å². The zero-order chi connectivity index (χ0) is 14.7. The number of hydrogen-bond donors (Lipinski definition) is 1. The van der Waals surface area contributed by atoms with E-state index in [1.54, 1.807) is 13.8 Å². The summed E-state index contributed by atoms with van der Waals surface area (Å²) in [6, 6.07) is 1.02. The van der Waals surface area contributed by atoms with Crippen LogP contribution in [0.1, 0.15) is 13.8 Å². The monoisotopic (exact) mass is 290 g/mol. The van der Waals surface area contributed by atoms with Gasteiger partial charge in [0.05, 0.1) is 19.8 Å². The lowest BCUT2D eigenvalue weighted by Crippen LogP contribution is -2.53. The fraction of sp³-hybridized carbons (Fsp3) is 0.923. The summed E-state index contributed by atoms with van der Waals surface area (Å²) in [5.74, 6) is -1.63. The maximum absolute atomic E-state index is 11.4. The number of carbonyl (C=O) groups is 1. The van der Waals surface area contributed by atoms with Crippen molar-refractivity contribution in [1.29, 1.82) is 0 Å². The van der Waals surface area contributed by atoms with E-state index in [0.29, 0.717) is 6.61 Å². The van der Waals surface area contributed by atoms with Gasteiger partial charge >= 0.3 is 5.97 Å². The van der Waals surface area contributed by atoms with Gasteiger partial charge in [0, 0.05) is 14.7 Å². The molecule has 1 aliphatic heterocycles. The van der Waals surface area contributed by atoms with Crippen molar-refractivity contribution in [2.24, 2.45) is 5.41 Å². The summed E-state index contributed by atoms with van der Waals surface area (Å²) in [5, 5.41) is 9.39. The first kappa shape index (κ1) is 16.6. The van der Waals surface area contributed by atoms with Crippen molar-refractivity contribution in [3.05, 3.63) is 0 Å². The number of carboxylic acids is 1. The second kappa shape index (κ2) is 5.91. The molecule has 0 radical (unpaired) electrons. The maximum Gasteiger partial charge on any atom is 0.316 e. The van der Waals surface area contributed by atoms with E-state index in [0.717, 1.165) is 6.04 Å². The molecule has 6 heteroatoms. The average molecular weight is 290 g/mol. The van der Waals surface area contributed by atoms with E-state index in [1.807, 2.05) is 0 Å². The number of aliphatic carboxylic acids is 1. The molecular formula is C13H26O5Si. The number of carboxylic acid groups (broad SMARTS) is 1. The van der Waals surface area contributed by atoms with E-state index >= 15 is 0 Å². The summed E-state index contributed by atoms with van der Waals surface area (Å²) in [5.41, 5.74) is -1.07. The van der Waals surface area contributed by atoms with E-state index in [1.165, 1.54) is 0 Å². The Morgan fingerprint density at radius 2 is 1.79 bits per heavy atom. The van der Waals surface area contributed by atoms with Crippen molar-refractivity contribution in [3.8, 4) is 0 Å². The van der Waals surface area contributed by atoms with Crippen LogP contribution in [0.4, 0.5) is 0 Å². The van der Waals surface area contributed by atoms with Crippen LogP contribution in [-0.2, 0) is 19.0 Å². The van der Waals surface area contributed by atoms with Crippen LogP contribution in [0.3, 0.4) is 0 Å². The van der Waals surface area contributed by atoms with Gasteiger partial charge in [-0.1, -0.05) is 19.6 Å². The first-order chi connectivity index (χ1) is 8.56. The predicted octanol–water partition coefficient (Wildman–Crippen LogP) is 2.20. The summed E-state index contributed by atoms with van der Waals surface area (Å²) < 4.78 is 16.5. The number of hydrogen-bond acceptors (Lipinski definition) is 4. The summed E-state index contributed by atoms with van der Waals surface area (Å²) in [6.45, 7) is 11.4. The lowest BCUT2D eigenvalue weighted by atomic mass is 9.90. The van der Waals surface area contributed by atoms with Crippen LogP contribution in [0.15, 0.2) is 0 Å². The van der Waals surface area contributed by atoms with Gasteiger partial charge in [0.25, 0.3) is 0 Å². The Hall–Kier alpha value is -0.433. The quantitative estimate of drug-likeness (QED) is 0.600. The Kier molecular flexibility index (Phi) is 5.17. The molecule has 19 heavy (non-hydrogen) atoms. The summed E-state index contributed by atoms with van der Waals surface area (Å²) >= 11 is 0. The topological polar surface area (TPSA) is 65.0 Å². The molecule has 112 valence electrons. The summed E-state index contributed by atoms with van der Waals surface area (Å²) in [7, 11) is -1.15. The Bertz CT molecular complexity index is 311. The van der Waals surface area contributed by atoms with Crippen LogP contribution in [0, 0.1) is 5.41 Å². The number of rotatable bonds is 6. The molecule has 1 heterocycles. The van der Waals surface area contributed by atoms with Gasteiger partial charge in [0.15, 0.2) is 5.79 Å². The van der Waals surface area contributed by atoms with Gasteiger partial charge in [-0.15, -0.1) is 0 Å². The predicted molar refractivity (Wildman–Crippen MR) is 75.0 cm³/mol. The minimum Gasteiger partial charge on any atom is -0.481 e. The minimum absolute atomic E-state index is 0.127. The van der Waals surface area contributed by atoms with Gasteiger partial charge in [0.1, 0.15) is 5.41 Å². The maximum atomic E-state index is 11.4. The Labute approximate surface area is 116 Å². The fourth-order valence-corrected chi connectivity index (χ4v) is 2.38. The largest absolute Gasteiger partial charge is 0.481 e. The lowest BCUT2D eigenvalue weighted by Gasteiger charge is -2.40. The van der Waals surface area contributed by atoms with Gasteiger partial charge in [-0.05, 0) is 19.9 Å². The fourth-order valence-electron chi connectivity index (χ4n) is 1.62. The molecule has 0 spiro atoms. The smallest absolute Gasteiger partial charge is 0.316 e. The molecule has 0 aromatic rings. The van der Waals surface area contributed by atoms with E-state index in [4.69, 9.17) is 14.2 Å². The third-order valence-electron chi connectivity index (χ3n) is 3.22. The lowest BCUT2D eigenvalue weighted by molar-refractivity contribution is -0.289. The molecule has 0 bridgehead atoms. The highest BCUT2D eigenvalue weighted by atomic mass is 28.3. The van der Waals surface area contributed by atoms with Crippen molar-refractivity contribution in [2.45, 2.75) is 45.3 Å². The molecule has 0 aliphatic carbocycles. The normalized spacial score (nSPS) is 22.2. The molecule has 5 nitrogen and oxygen atoms in total. The van der Waals surface area contributed by atoms with E-state index in [9.17, 15) is 9.90 Å².